The lowest BCUT2D eigenvalue weighted by Gasteiger charge is -2.08. The van der Waals surface area contributed by atoms with Gasteiger partial charge < -0.3 is 10.8 Å². The monoisotopic (exact) mass is 138 g/mol. The fourth-order valence-electron chi connectivity index (χ4n) is 0.732. The van der Waals surface area contributed by atoms with E-state index in [-0.39, 0.29) is 24.3 Å². The zero-order valence-corrected chi connectivity index (χ0v) is 5.23. The minimum absolute atomic E-state index is 0.166. The van der Waals surface area contributed by atoms with Gasteiger partial charge in [-0.25, -0.2) is 0 Å². The fraction of sp³-hybridized carbons (Fsp3) is 0.333. The fourth-order valence-corrected chi connectivity index (χ4v) is 0.732. The Kier molecular flexibility index (Phi) is 1.45. The highest BCUT2D eigenvalue weighted by molar-refractivity contribution is 6.59. The Bertz CT molecular complexity index is 192. The molecule has 0 aromatic heterocycles. The third kappa shape index (κ3) is 1.00. The van der Waals surface area contributed by atoms with Crippen molar-refractivity contribution < 1.29 is 9.59 Å². The summed E-state index contributed by atoms with van der Waals surface area (Å²) in [4.78, 5) is 21.3. The van der Waals surface area contributed by atoms with Crippen molar-refractivity contribution in [2.45, 2.75) is 12.8 Å². The van der Waals surface area contributed by atoms with Crippen molar-refractivity contribution in [2.24, 2.45) is 0 Å². The van der Waals surface area contributed by atoms with Gasteiger partial charge in [0.15, 0.2) is 11.6 Å². The van der Waals surface area contributed by atoms with Crippen molar-refractivity contribution in [1.82, 2.24) is 0 Å². The van der Waals surface area contributed by atoms with Gasteiger partial charge in [0.25, 0.3) is 0 Å². The van der Waals surface area contributed by atoms with E-state index in [1.165, 1.54) is 0 Å². The molecule has 1 aliphatic carbocycles. The molecular weight excluding hydrogens is 132 g/mol. The highest BCUT2D eigenvalue weighted by Gasteiger charge is 2.25. The molecule has 0 heterocycles. The van der Waals surface area contributed by atoms with Crippen LogP contribution < -0.4 is 0 Å². The van der Waals surface area contributed by atoms with Gasteiger partial charge in [-0.1, -0.05) is 0 Å². The summed E-state index contributed by atoms with van der Waals surface area (Å²) in [6, 6.07) is 0. The van der Waals surface area contributed by atoms with Crippen LogP contribution >= 0.6 is 0 Å². The first-order valence-electron chi connectivity index (χ1n) is 2.82. The van der Waals surface area contributed by atoms with Crippen LogP contribution in [-0.4, -0.2) is 23.0 Å². The first-order chi connectivity index (χ1) is 4.61. The number of ketones is 2. The Hall–Kier alpha value is -1.32. The van der Waals surface area contributed by atoms with Crippen LogP contribution in [0.2, 0.25) is 0 Å². The third-order valence-corrected chi connectivity index (χ3v) is 1.35. The Morgan fingerprint density at radius 3 is 1.50 bits per heavy atom. The number of rotatable bonds is 0. The lowest BCUT2D eigenvalue weighted by Crippen LogP contribution is -2.31. The quantitative estimate of drug-likeness (QED) is 0.492. The molecule has 1 rings (SSSR count). The molecule has 4 heteroatoms. The van der Waals surface area contributed by atoms with Gasteiger partial charge in [-0.15, -0.1) is 0 Å². The molecule has 0 atom stereocenters. The zero-order chi connectivity index (χ0) is 7.72. The highest BCUT2D eigenvalue weighted by atomic mass is 16.1. The van der Waals surface area contributed by atoms with Crippen molar-refractivity contribution in [3.63, 3.8) is 0 Å². The summed E-state index contributed by atoms with van der Waals surface area (Å²) in [6.07, 6.45) is -0.366. The van der Waals surface area contributed by atoms with Crippen LogP contribution in [0.1, 0.15) is 12.8 Å². The molecule has 0 aromatic carbocycles. The third-order valence-electron chi connectivity index (χ3n) is 1.35. The Balaban J connectivity index is 2.82. The highest BCUT2D eigenvalue weighted by Crippen LogP contribution is 2.03. The molecule has 0 radical (unpaired) electrons. The van der Waals surface area contributed by atoms with Crippen LogP contribution in [0.4, 0.5) is 0 Å². The topological polar surface area (TPSA) is 81.8 Å². The first kappa shape index (κ1) is 6.80. The molecule has 1 saturated carbocycles. The van der Waals surface area contributed by atoms with Gasteiger partial charge in [-0.05, 0) is 0 Å². The molecule has 1 fully saturated rings. The van der Waals surface area contributed by atoms with Crippen LogP contribution in [0.5, 0.6) is 0 Å². The zero-order valence-electron chi connectivity index (χ0n) is 5.23. The van der Waals surface area contributed by atoms with Gasteiger partial charge in [0.2, 0.25) is 0 Å². The van der Waals surface area contributed by atoms with Gasteiger partial charge in [0, 0.05) is 0 Å². The summed E-state index contributed by atoms with van der Waals surface area (Å²) < 4.78 is 0. The smallest absolute Gasteiger partial charge is 0.182 e. The largest absolute Gasteiger partial charge is 0.301 e. The van der Waals surface area contributed by atoms with Gasteiger partial charge >= 0.3 is 0 Å². The summed E-state index contributed by atoms with van der Waals surface area (Å²) in [5, 5.41) is 13.9. The van der Waals surface area contributed by atoms with E-state index in [4.69, 9.17) is 10.8 Å². The van der Waals surface area contributed by atoms with E-state index in [0.29, 0.717) is 0 Å². The average Bonchev–Trinajstić information content (AvgIpc) is 1.84. The summed E-state index contributed by atoms with van der Waals surface area (Å²) in [5.41, 5.74) is -0.331. The molecule has 4 nitrogen and oxygen atoms in total. The van der Waals surface area contributed by atoms with E-state index in [1.807, 2.05) is 0 Å². The van der Waals surface area contributed by atoms with E-state index in [0.717, 1.165) is 0 Å². The number of carbonyl (C=O) groups is 2. The van der Waals surface area contributed by atoms with E-state index < -0.39 is 11.6 Å². The minimum Gasteiger partial charge on any atom is -0.301 e. The normalized spacial score (nSPS) is 20.0. The predicted octanol–water partition coefficient (Wildman–Crippen LogP) is -0.0421. The van der Waals surface area contributed by atoms with E-state index in [9.17, 15) is 9.59 Å². The summed E-state index contributed by atoms with van der Waals surface area (Å²) in [6.45, 7) is 0. The minimum atomic E-state index is -0.399. The number of nitrogens with one attached hydrogen (secondary N) is 2. The molecular formula is C6H6N2O2. The molecule has 52 valence electrons. The molecule has 2 N–H and O–H groups in total. The maximum Gasteiger partial charge on any atom is 0.182 e. The number of hydrogen-bond acceptors (Lipinski definition) is 4. The Labute approximate surface area is 57.3 Å². The van der Waals surface area contributed by atoms with Crippen molar-refractivity contribution in [2.75, 3.05) is 0 Å². The molecule has 10 heavy (non-hydrogen) atoms. The standard InChI is InChI=1S/C6H6N2O2/c7-3-1-5(9)4(8)2-6(3)10/h7-8H,1-2H2. The number of hydrogen-bond donors (Lipinski definition) is 2. The van der Waals surface area contributed by atoms with Crippen molar-refractivity contribution in [3.05, 3.63) is 0 Å². The van der Waals surface area contributed by atoms with Gasteiger partial charge in [-0.2, -0.15) is 0 Å². The van der Waals surface area contributed by atoms with Crippen LogP contribution in [0, 0.1) is 10.8 Å². The summed E-state index contributed by atoms with van der Waals surface area (Å²) >= 11 is 0. The Morgan fingerprint density at radius 2 is 1.20 bits per heavy atom. The molecule has 0 unspecified atom stereocenters. The Morgan fingerprint density at radius 1 is 0.900 bits per heavy atom. The summed E-state index contributed by atoms with van der Waals surface area (Å²) in [7, 11) is 0. The van der Waals surface area contributed by atoms with Gasteiger partial charge in [-0.3, -0.25) is 9.59 Å². The van der Waals surface area contributed by atoms with Gasteiger partial charge in [0.05, 0.1) is 24.3 Å². The average molecular weight is 138 g/mol. The lowest BCUT2D eigenvalue weighted by molar-refractivity contribution is -0.117. The van der Waals surface area contributed by atoms with E-state index in [1.54, 1.807) is 0 Å². The molecule has 0 amide bonds. The molecule has 1 aliphatic rings. The second-order valence-electron chi connectivity index (χ2n) is 2.16. The molecule has 0 aliphatic heterocycles. The molecule has 0 saturated heterocycles. The molecule has 0 bridgehead atoms. The maximum absolute atomic E-state index is 10.6. The second-order valence-corrected chi connectivity index (χ2v) is 2.16. The van der Waals surface area contributed by atoms with Crippen LogP contribution in [0.25, 0.3) is 0 Å². The van der Waals surface area contributed by atoms with Crippen molar-refractivity contribution in [3.8, 4) is 0 Å². The summed E-state index contributed by atoms with van der Waals surface area (Å²) in [5.74, 6) is -0.797. The van der Waals surface area contributed by atoms with Gasteiger partial charge in [0.1, 0.15) is 0 Å². The number of Topliss-reactive ketones (excluding diaryl/α,β-unsaturated/α-hetero) is 2. The maximum atomic E-state index is 10.6. The SMILES string of the molecule is N=C1CC(=O)C(=N)CC1=O. The number of carbonyl (C=O) groups excluding carboxylic acids is 2. The van der Waals surface area contributed by atoms with Crippen molar-refractivity contribution in [1.29, 1.82) is 10.8 Å². The van der Waals surface area contributed by atoms with Crippen LogP contribution in [-0.2, 0) is 9.59 Å². The molecule has 0 aromatic rings. The van der Waals surface area contributed by atoms with Crippen molar-refractivity contribution >= 4 is 23.0 Å². The first-order valence-corrected chi connectivity index (χ1v) is 2.82. The van der Waals surface area contributed by atoms with Crippen LogP contribution in [0.15, 0.2) is 0 Å². The van der Waals surface area contributed by atoms with E-state index in [2.05, 4.69) is 0 Å². The predicted molar refractivity (Wildman–Crippen MR) is 34.7 cm³/mol. The second kappa shape index (κ2) is 2.13. The lowest BCUT2D eigenvalue weighted by atomic mass is 9.94. The molecule has 0 spiro atoms. The van der Waals surface area contributed by atoms with Crippen LogP contribution in [0.3, 0.4) is 0 Å². The van der Waals surface area contributed by atoms with E-state index >= 15 is 0 Å².